The number of alkyl halides is 1. The number of rotatable bonds is 5. The molecule has 4 heteroatoms. The molecule has 0 amide bonds. The minimum atomic E-state index is 0.437. The molecule has 0 heterocycles. The summed E-state index contributed by atoms with van der Waals surface area (Å²) in [5.41, 5.74) is 4.66. The summed E-state index contributed by atoms with van der Waals surface area (Å²) in [4.78, 5) is 0. The van der Waals surface area contributed by atoms with Gasteiger partial charge in [0.05, 0.1) is 11.6 Å². The number of aryl methyl sites for hydroxylation is 2. The normalized spacial score (nSPS) is 10.5. The lowest BCUT2D eigenvalue weighted by atomic mass is 10.1. The largest absolute Gasteiger partial charge is 0.493 e. The zero-order valence-electron chi connectivity index (χ0n) is 12.4. The zero-order valence-corrected chi connectivity index (χ0v) is 14.7. The number of hydrogen-bond donors (Lipinski definition) is 0. The average molecular weight is 370 g/mol. The van der Waals surface area contributed by atoms with Crippen LogP contribution < -0.4 is 9.47 Å². The van der Waals surface area contributed by atoms with Crippen LogP contribution >= 0.6 is 27.5 Å². The Balaban J connectivity index is 2.21. The molecular formula is C17H18BrClO2. The molecule has 21 heavy (non-hydrogen) atoms. The van der Waals surface area contributed by atoms with E-state index in [-0.39, 0.29) is 0 Å². The number of ether oxygens (including phenoxy) is 2. The molecule has 0 fully saturated rings. The van der Waals surface area contributed by atoms with Crippen molar-refractivity contribution in [1.29, 1.82) is 0 Å². The zero-order chi connectivity index (χ0) is 15.4. The fraction of sp³-hybridized carbons (Fsp3) is 0.294. The molecule has 0 aliphatic heterocycles. The van der Waals surface area contributed by atoms with Gasteiger partial charge in [-0.05, 0) is 64.2 Å². The van der Waals surface area contributed by atoms with E-state index in [1.54, 1.807) is 7.11 Å². The molecule has 0 unspecified atom stereocenters. The quantitative estimate of drug-likeness (QED) is 0.658. The smallest absolute Gasteiger partial charge is 0.175 e. The Labute approximate surface area is 139 Å². The van der Waals surface area contributed by atoms with E-state index in [0.717, 1.165) is 15.6 Å². The van der Waals surface area contributed by atoms with Crippen molar-refractivity contribution < 1.29 is 9.47 Å². The first-order valence-corrected chi connectivity index (χ1v) is 7.99. The van der Waals surface area contributed by atoms with Crippen molar-refractivity contribution in [2.45, 2.75) is 26.3 Å². The minimum Gasteiger partial charge on any atom is -0.493 e. The van der Waals surface area contributed by atoms with Gasteiger partial charge in [0.2, 0.25) is 0 Å². The molecule has 0 aliphatic carbocycles. The van der Waals surface area contributed by atoms with E-state index in [9.17, 15) is 0 Å². The second-order valence-corrected chi connectivity index (χ2v) is 6.07. The molecule has 2 aromatic carbocycles. The highest BCUT2D eigenvalue weighted by molar-refractivity contribution is 9.10. The van der Waals surface area contributed by atoms with E-state index < -0.39 is 0 Å². The van der Waals surface area contributed by atoms with E-state index in [0.29, 0.717) is 24.0 Å². The molecule has 0 atom stereocenters. The van der Waals surface area contributed by atoms with E-state index in [2.05, 4.69) is 48.0 Å². The predicted octanol–water partition coefficient (Wildman–Crippen LogP) is 5.39. The van der Waals surface area contributed by atoms with Crippen LogP contribution in [-0.2, 0) is 12.5 Å². The number of halogens is 2. The Morgan fingerprint density at radius 3 is 2.43 bits per heavy atom. The van der Waals surface area contributed by atoms with E-state index in [4.69, 9.17) is 21.1 Å². The Kier molecular flexibility index (Phi) is 5.54. The van der Waals surface area contributed by atoms with Crippen molar-refractivity contribution in [2.24, 2.45) is 0 Å². The SMILES string of the molecule is COc1cc(CCl)cc(Br)c1OCc1ccc(C)c(C)c1. The molecule has 2 rings (SSSR count). The van der Waals surface area contributed by atoms with Crippen LogP contribution in [0.4, 0.5) is 0 Å². The van der Waals surface area contributed by atoms with Crippen LogP contribution in [0.15, 0.2) is 34.8 Å². The maximum atomic E-state index is 5.92. The molecule has 0 saturated heterocycles. The Morgan fingerprint density at radius 1 is 1.05 bits per heavy atom. The molecule has 0 saturated carbocycles. The minimum absolute atomic E-state index is 0.437. The summed E-state index contributed by atoms with van der Waals surface area (Å²) >= 11 is 9.38. The van der Waals surface area contributed by atoms with Gasteiger partial charge in [-0.2, -0.15) is 0 Å². The molecule has 0 spiro atoms. The summed E-state index contributed by atoms with van der Waals surface area (Å²) < 4.78 is 12.2. The van der Waals surface area contributed by atoms with Crippen molar-refractivity contribution in [3.8, 4) is 11.5 Å². The van der Waals surface area contributed by atoms with Gasteiger partial charge in [0.15, 0.2) is 11.5 Å². The molecule has 112 valence electrons. The van der Waals surface area contributed by atoms with Gasteiger partial charge < -0.3 is 9.47 Å². The van der Waals surface area contributed by atoms with Crippen molar-refractivity contribution in [3.05, 3.63) is 57.1 Å². The van der Waals surface area contributed by atoms with E-state index in [1.165, 1.54) is 11.1 Å². The molecule has 2 nitrogen and oxygen atoms in total. The third-order valence-corrected chi connectivity index (χ3v) is 4.30. The lowest BCUT2D eigenvalue weighted by Gasteiger charge is -2.14. The summed E-state index contributed by atoms with van der Waals surface area (Å²) in [6.45, 7) is 4.70. The lowest BCUT2D eigenvalue weighted by Crippen LogP contribution is -2.00. The van der Waals surface area contributed by atoms with Gasteiger partial charge in [0, 0.05) is 5.88 Å². The monoisotopic (exact) mass is 368 g/mol. The van der Waals surface area contributed by atoms with Crippen LogP contribution in [0.5, 0.6) is 11.5 Å². The van der Waals surface area contributed by atoms with Crippen molar-refractivity contribution in [2.75, 3.05) is 7.11 Å². The Morgan fingerprint density at radius 2 is 1.81 bits per heavy atom. The highest BCUT2D eigenvalue weighted by atomic mass is 79.9. The third kappa shape index (κ3) is 3.92. The summed E-state index contributed by atoms with van der Waals surface area (Å²) in [5, 5.41) is 0. The predicted molar refractivity (Wildman–Crippen MR) is 90.5 cm³/mol. The van der Waals surface area contributed by atoms with Crippen LogP contribution in [-0.4, -0.2) is 7.11 Å². The number of methoxy groups -OCH3 is 1. The first-order valence-electron chi connectivity index (χ1n) is 6.66. The van der Waals surface area contributed by atoms with E-state index >= 15 is 0 Å². The van der Waals surface area contributed by atoms with Crippen molar-refractivity contribution in [3.63, 3.8) is 0 Å². The van der Waals surface area contributed by atoms with Crippen LogP contribution in [0.2, 0.25) is 0 Å². The average Bonchev–Trinajstić information content (AvgIpc) is 2.48. The first-order chi connectivity index (χ1) is 10.0. The molecule has 0 aliphatic rings. The topological polar surface area (TPSA) is 18.5 Å². The van der Waals surface area contributed by atoms with Crippen LogP contribution in [0.1, 0.15) is 22.3 Å². The summed E-state index contributed by atoms with van der Waals surface area (Å²) in [7, 11) is 1.63. The number of hydrogen-bond acceptors (Lipinski definition) is 2. The molecular weight excluding hydrogens is 352 g/mol. The van der Waals surface area contributed by atoms with Gasteiger partial charge in [-0.1, -0.05) is 18.2 Å². The molecule has 0 N–H and O–H groups in total. The standard InChI is InChI=1S/C17H18BrClO2/c1-11-4-5-13(6-12(11)2)10-21-17-15(18)7-14(9-19)8-16(17)20-3/h4-8H,9-10H2,1-3H3. The van der Waals surface area contributed by atoms with Gasteiger partial charge in [-0.3, -0.25) is 0 Å². The molecule has 2 aromatic rings. The second kappa shape index (κ2) is 7.19. The van der Waals surface area contributed by atoms with Crippen LogP contribution in [0.25, 0.3) is 0 Å². The van der Waals surface area contributed by atoms with Gasteiger partial charge >= 0.3 is 0 Å². The van der Waals surface area contributed by atoms with E-state index in [1.807, 2.05) is 12.1 Å². The van der Waals surface area contributed by atoms with Crippen LogP contribution in [0.3, 0.4) is 0 Å². The third-order valence-electron chi connectivity index (χ3n) is 3.40. The first kappa shape index (κ1) is 16.2. The highest BCUT2D eigenvalue weighted by Crippen LogP contribution is 2.37. The maximum absolute atomic E-state index is 5.92. The summed E-state index contributed by atoms with van der Waals surface area (Å²) in [6.07, 6.45) is 0. The maximum Gasteiger partial charge on any atom is 0.175 e. The highest BCUT2D eigenvalue weighted by Gasteiger charge is 2.12. The molecule has 0 bridgehead atoms. The Bertz CT molecular complexity index is 641. The molecule has 0 aromatic heterocycles. The Hall–Kier alpha value is -1.19. The molecule has 0 radical (unpaired) electrons. The fourth-order valence-electron chi connectivity index (χ4n) is 2.04. The summed E-state index contributed by atoms with van der Waals surface area (Å²) in [6, 6.07) is 10.2. The lowest BCUT2D eigenvalue weighted by molar-refractivity contribution is 0.282. The number of benzene rings is 2. The van der Waals surface area contributed by atoms with Crippen LogP contribution in [0, 0.1) is 13.8 Å². The van der Waals surface area contributed by atoms with Gasteiger partial charge in [0.25, 0.3) is 0 Å². The van der Waals surface area contributed by atoms with Crippen molar-refractivity contribution in [1.82, 2.24) is 0 Å². The van der Waals surface area contributed by atoms with Gasteiger partial charge in [0.1, 0.15) is 6.61 Å². The fourth-order valence-corrected chi connectivity index (χ4v) is 2.80. The van der Waals surface area contributed by atoms with Gasteiger partial charge in [-0.15, -0.1) is 11.6 Å². The summed E-state index contributed by atoms with van der Waals surface area (Å²) in [5.74, 6) is 1.82. The van der Waals surface area contributed by atoms with Gasteiger partial charge in [-0.25, -0.2) is 0 Å². The van der Waals surface area contributed by atoms with Crippen molar-refractivity contribution >= 4 is 27.5 Å². The second-order valence-electron chi connectivity index (χ2n) is 4.95.